The number of nitrogens with zero attached hydrogens (tertiary/aromatic N) is 1. The molecule has 41 heavy (non-hydrogen) atoms. The lowest BCUT2D eigenvalue weighted by Gasteiger charge is -2.33. The Morgan fingerprint density at radius 2 is 1.54 bits per heavy atom. The van der Waals surface area contributed by atoms with Gasteiger partial charge in [-0.15, -0.1) is 0 Å². The summed E-state index contributed by atoms with van der Waals surface area (Å²) in [5.74, 6) is -0.318. The number of carboxylic acid groups (broad SMARTS) is 1. The van der Waals surface area contributed by atoms with Crippen LogP contribution in [-0.4, -0.2) is 24.6 Å². The fourth-order valence-corrected chi connectivity index (χ4v) is 6.75. The largest absolute Gasteiger partial charge is 0.479 e. The number of aryl methyl sites for hydroxylation is 2. The number of halogens is 1. The Bertz CT molecular complexity index is 1730. The molecule has 210 valence electrons. The Kier molecular flexibility index (Phi) is 7.66. The zero-order chi connectivity index (χ0) is 29.4. The maximum Gasteiger partial charge on any atom is 0.340 e. The van der Waals surface area contributed by atoms with Gasteiger partial charge in [-0.1, -0.05) is 72.3 Å². The third kappa shape index (κ3) is 5.46. The van der Waals surface area contributed by atoms with Crippen LogP contribution in [0, 0.1) is 13.8 Å². The number of aliphatic carboxylic acids is 1. The molecule has 1 aliphatic rings. The molecule has 2 N–H and O–H groups in total. The molecule has 4 aromatic carbocycles. The molecule has 7 nitrogen and oxygen atoms in total. The fourth-order valence-electron chi connectivity index (χ4n) is 4.93. The van der Waals surface area contributed by atoms with Gasteiger partial charge >= 0.3 is 5.97 Å². The molecule has 1 atom stereocenters. The van der Waals surface area contributed by atoms with Crippen molar-refractivity contribution in [3.8, 4) is 11.5 Å². The fraction of sp³-hybridized carbons (Fsp3) is 0.156. The number of fused-ring (bicyclic) bond motifs is 1. The average Bonchev–Trinajstić information content (AvgIpc) is 2.96. The summed E-state index contributed by atoms with van der Waals surface area (Å²) in [5.41, 5.74) is 0.874. The van der Waals surface area contributed by atoms with Crippen molar-refractivity contribution in [3.63, 3.8) is 0 Å². The van der Waals surface area contributed by atoms with Crippen molar-refractivity contribution in [1.82, 2.24) is 0 Å². The van der Waals surface area contributed by atoms with Crippen LogP contribution in [0.2, 0.25) is 5.02 Å². The number of sulfonamides is 1. The molecule has 0 amide bonds. The quantitative estimate of drug-likeness (QED) is 0.234. The van der Waals surface area contributed by atoms with Gasteiger partial charge in [0.1, 0.15) is 11.5 Å². The van der Waals surface area contributed by atoms with Crippen LogP contribution in [0.25, 0.3) is 4.91 Å². The van der Waals surface area contributed by atoms with Crippen molar-refractivity contribution in [3.05, 3.63) is 130 Å². The van der Waals surface area contributed by atoms with E-state index < -0.39 is 21.6 Å². The van der Waals surface area contributed by atoms with Crippen LogP contribution in [-0.2, 0) is 27.0 Å². The number of rotatable bonds is 8. The van der Waals surface area contributed by atoms with Crippen molar-refractivity contribution in [2.45, 2.75) is 32.4 Å². The third-order valence-electron chi connectivity index (χ3n) is 7.08. The molecule has 0 radical (unpaired) electrons. The Morgan fingerprint density at radius 3 is 2.17 bits per heavy atom. The zero-order valence-electron chi connectivity index (χ0n) is 22.4. The maximum atomic E-state index is 14.3. The highest BCUT2D eigenvalue weighted by Gasteiger charge is 2.44. The number of carbonyl (C=O) groups is 1. The summed E-state index contributed by atoms with van der Waals surface area (Å²) in [4.78, 5) is 11.9. The minimum Gasteiger partial charge on any atom is -0.479 e. The number of hydrogen-bond donors (Lipinski definition) is 2. The summed E-state index contributed by atoms with van der Waals surface area (Å²) < 4.78 is 35.9. The molecular formula is C32H28ClNO6S. The van der Waals surface area contributed by atoms with Crippen LogP contribution >= 0.6 is 11.6 Å². The van der Waals surface area contributed by atoms with Gasteiger partial charge in [0.2, 0.25) is 0 Å². The lowest BCUT2D eigenvalue weighted by atomic mass is 9.83. The van der Waals surface area contributed by atoms with Crippen molar-refractivity contribution >= 4 is 38.2 Å². The van der Waals surface area contributed by atoms with Crippen LogP contribution in [0.5, 0.6) is 11.5 Å². The molecule has 0 aliphatic heterocycles. The van der Waals surface area contributed by atoms with E-state index in [0.717, 1.165) is 16.7 Å². The van der Waals surface area contributed by atoms with Crippen LogP contribution in [0.3, 0.4) is 0 Å². The molecule has 0 fully saturated rings. The van der Waals surface area contributed by atoms with Gasteiger partial charge < -0.3 is 14.9 Å². The highest BCUT2D eigenvalue weighted by atomic mass is 35.5. The topological polar surface area (TPSA) is 104 Å². The van der Waals surface area contributed by atoms with E-state index in [1.165, 1.54) is 22.5 Å². The van der Waals surface area contributed by atoms with Gasteiger partial charge in [0.25, 0.3) is 10.0 Å². The second-order valence-corrected chi connectivity index (χ2v) is 12.2. The number of benzene rings is 4. The lowest BCUT2D eigenvalue weighted by molar-refractivity contribution is -0.159. The molecule has 1 aliphatic carbocycles. The van der Waals surface area contributed by atoms with Gasteiger partial charge in [-0.2, -0.15) is 0 Å². The van der Waals surface area contributed by atoms with Crippen LogP contribution < -0.4 is 9.04 Å². The van der Waals surface area contributed by atoms with E-state index >= 15 is 0 Å². The van der Waals surface area contributed by atoms with Crippen molar-refractivity contribution in [2.24, 2.45) is 0 Å². The summed E-state index contributed by atoms with van der Waals surface area (Å²) in [6.07, 6.45) is 0.895. The van der Waals surface area contributed by atoms with E-state index in [-0.39, 0.29) is 29.0 Å². The van der Waals surface area contributed by atoms with Crippen LogP contribution in [0.15, 0.2) is 97.1 Å². The van der Waals surface area contributed by atoms with Crippen molar-refractivity contribution in [1.29, 1.82) is 0 Å². The first-order valence-electron chi connectivity index (χ1n) is 12.9. The van der Waals surface area contributed by atoms with E-state index in [2.05, 4.69) is 0 Å². The van der Waals surface area contributed by atoms with Gasteiger partial charge in [-0.05, 0) is 66.9 Å². The van der Waals surface area contributed by atoms with Gasteiger partial charge in [0.05, 0.1) is 17.1 Å². The number of aliphatic hydroxyl groups is 1. The monoisotopic (exact) mass is 589 g/mol. The Hall–Kier alpha value is -4.11. The Morgan fingerprint density at radius 1 is 0.927 bits per heavy atom. The summed E-state index contributed by atoms with van der Waals surface area (Å²) in [6, 6.07) is 25.7. The second-order valence-electron chi connectivity index (χ2n) is 9.95. The first-order valence-corrected chi connectivity index (χ1v) is 14.7. The SMILES string of the molecule is Cc1cc(Oc2ccc(N(Cc3ccccc3)S(=O)(=O)C3=CCC(O)(C(=O)O)c4ccccc43)cc2)cc(C)c1Cl. The second kappa shape index (κ2) is 11.0. The molecule has 1 unspecified atom stereocenters. The molecule has 0 saturated heterocycles. The van der Waals surface area contributed by atoms with Crippen molar-refractivity contribution in [2.75, 3.05) is 4.31 Å². The molecular weight excluding hydrogens is 562 g/mol. The first-order chi connectivity index (χ1) is 19.5. The normalized spacial score (nSPS) is 16.4. The number of ether oxygens (including phenoxy) is 1. The Labute approximate surface area is 244 Å². The molecule has 9 heteroatoms. The molecule has 4 aromatic rings. The number of carboxylic acids is 1. The number of hydrogen-bond acceptors (Lipinski definition) is 5. The van der Waals surface area contributed by atoms with Gasteiger partial charge in [0, 0.05) is 22.6 Å². The Balaban J connectivity index is 1.54. The molecule has 5 rings (SSSR count). The van der Waals surface area contributed by atoms with Crippen molar-refractivity contribution < 1.29 is 28.2 Å². The van der Waals surface area contributed by atoms with E-state index in [1.54, 1.807) is 36.4 Å². The standard InChI is InChI=1S/C32H28ClNO6S/c1-21-18-26(19-22(2)30(21)33)40-25-14-12-24(13-15-25)34(20-23-8-4-3-5-9-23)41(38,39)29-16-17-32(37,31(35)36)28-11-7-6-10-27(28)29/h3-16,18-19,37H,17,20H2,1-2H3,(H,35,36). The molecule has 0 bridgehead atoms. The summed E-state index contributed by atoms with van der Waals surface area (Å²) in [5, 5.41) is 21.3. The van der Waals surface area contributed by atoms with E-state index in [9.17, 15) is 23.4 Å². The van der Waals surface area contributed by atoms with E-state index in [1.807, 2.05) is 56.3 Å². The zero-order valence-corrected chi connectivity index (χ0v) is 24.0. The predicted octanol–water partition coefficient (Wildman–Crippen LogP) is 6.80. The highest BCUT2D eigenvalue weighted by molar-refractivity contribution is 8.01. The van der Waals surface area contributed by atoms with Crippen LogP contribution in [0.1, 0.15) is 34.2 Å². The summed E-state index contributed by atoms with van der Waals surface area (Å²) in [6.45, 7) is 3.82. The minimum atomic E-state index is -4.22. The molecule has 0 heterocycles. The summed E-state index contributed by atoms with van der Waals surface area (Å²) in [7, 11) is -4.22. The molecule has 0 aromatic heterocycles. The average molecular weight is 590 g/mol. The molecule has 0 saturated carbocycles. The van der Waals surface area contributed by atoms with Crippen LogP contribution in [0.4, 0.5) is 5.69 Å². The van der Waals surface area contributed by atoms with Gasteiger partial charge in [0.15, 0.2) is 5.60 Å². The third-order valence-corrected chi connectivity index (χ3v) is 9.54. The summed E-state index contributed by atoms with van der Waals surface area (Å²) >= 11 is 6.28. The van der Waals surface area contributed by atoms with Gasteiger partial charge in [-0.25, -0.2) is 13.2 Å². The van der Waals surface area contributed by atoms with Gasteiger partial charge in [-0.3, -0.25) is 4.31 Å². The lowest BCUT2D eigenvalue weighted by Crippen LogP contribution is -2.39. The van der Waals surface area contributed by atoms with E-state index in [0.29, 0.717) is 22.2 Å². The number of anilines is 1. The minimum absolute atomic E-state index is 0.0294. The first kappa shape index (κ1) is 28.4. The highest BCUT2D eigenvalue weighted by Crippen LogP contribution is 2.42. The maximum absolute atomic E-state index is 14.3. The smallest absolute Gasteiger partial charge is 0.340 e. The van der Waals surface area contributed by atoms with E-state index in [4.69, 9.17) is 16.3 Å². The predicted molar refractivity (Wildman–Crippen MR) is 160 cm³/mol. The molecule has 0 spiro atoms.